The number of hydrogen-bond donors (Lipinski definition) is 2. The summed E-state index contributed by atoms with van der Waals surface area (Å²) in [5.41, 5.74) is 1.84. The maximum atomic E-state index is 12.3. The fourth-order valence-electron chi connectivity index (χ4n) is 3.19. The number of rotatable bonds is 4. The molecule has 1 aromatic carbocycles. The molecule has 2 aromatic heterocycles. The first-order valence-electron chi connectivity index (χ1n) is 9.35. The molecular formula is C21H19N5O3. The molecule has 1 aliphatic rings. The van der Waals surface area contributed by atoms with Gasteiger partial charge in [0.05, 0.1) is 22.8 Å². The zero-order valence-electron chi connectivity index (χ0n) is 15.6. The number of carbonyl (C=O) groups excluding carboxylic acids is 1. The van der Waals surface area contributed by atoms with Gasteiger partial charge < -0.3 is 10.1 Å². The highest BCUT2D eigenvalue weighted by Crippen LogP contribution is 2.17. The summed E-state index contributed by atoms with van der Waals surface area (Å²) in [5, 5.41) is 14.5. The van der Waals surface area contributed by atoms with Gasteiger partial charge in [0.15, 0.2) is 5.82 Å². The number of aromatic nitrogens is 3. The van der Waals surface area contributed by atoms with Crippen molar-refractivity contribution >= 4 is 5.91 Å². The fraction of sp³-hybridized carbons (Fsp3) is 0.238. The summed E-state index contributed by atoms with van der Waals surface area (Å²) in [4.78, 5) is 28.9. The quantitative estimate of drug-likeness (QED) is 0.711. The molecule has 1 atom stereocenters. The van der Waals surface area contributed by atoms with Crippen molar-refractivity contribution < 1.29 is 9.53 Å². The van der Waals surface area contributed by atoms with E-state index in [1.165, 1.54) is 10.9 Å². The number of benzene rings is 1. The van der Waals surface area contributed by atoms with Crippen LogP contribution in [0.2, 0.25) is 0 Å². The van der Waals surface area contributed by atoms with E-state index < -0.39 is 0 Å². The molecule has 8 heteroatoms. The molecule has 0 saturated carbocycles. The molecule has 3 aromatic rings. The molecule has 4 rings (SSSR count). The van der Waals surface area contributed by atoms with E-state index in [2.05, 4.69) is 15.4 Å². The first kappa shape index (κ1) is 18.7. The van der Waals surface area contributed by atoms with E-state index >= 15 is 0 Å². The molecule has 1 unspecified atom stereocenters. The van der Waals surface area contributed by atoms with Gasteiger partial charge in [-0.2, -0.15) is 5.26 Å². The van der Waals surface area contributed by atoms with Crippen LogP contribution in [-0.4, -0.2) is 33.5 Å². The van der Waals surface area contributed by atoms with Gasteiger partial charge in [-0.15, -0.1) is 0 Å². The van der Waals surface area contributed by atoms with Crippen molar-refractivity contribution in [2.45, 2.75) is 25.5 Å². The van der Waals surface area contributed by atoms with Crippen molar-refractivity contribution in [1.82, 2.24) is 20.1 Å². The van der Waals surface area contributed by atoms with Crippen molar-refractivity contribution in [3.8, 4) is 23.0 Å². The Morgan fingerprint density at radius 2 is 2.07 bits per heavy atom. The molecule has 1 aliphatic heterocycles. The van der Waals surface area contributed by atoms with Gasteiger partial charge in [0, 0.05) is 19.0 Å². The van der Waals surface area contributed by atoms with Crippen molar-refractivity contribution in [2.75, 3.05) is 6.61 Å². The van der Waals surface area contributed by atoms with Crippen LogP contribution in [0.5, 0.6) is 0 Å². The van der Waals surface area contributed by atoms with Gasteiger partial charge in [-0.25, -0.2) is 9.67 Å². The normalized spacial score (nSPS) is 16.2. The molecule has 1 fully saturated rings. The van der Waals surface area contributed by atoms with Crippen LogP contribution in [0, 0.1) is 11.3 Å². The van der Waals surface area contributed by atoms with E-state index in [4.69, 9.17) is 10.00 Å². The summed E-state index contributed by atoms with van der Waals surface area (Å²) in [6.45, 7) is 0.657. The van der Waals surface area contributed by atoms with Crippen molar-refractivity contribution in [3.63, 3.8) is 0 Å². The Morgan fingerprint density at radius 3 is 2.72 bits per heavy atom. The van der Waals surface area contributed by atoms with Gasteiger partial charge in [0.25, 0.3) is 11.5 Å². The van der Waals surface area contributed by atoms with E-state index in [1.54, 1.807) is 42.6 Å². The standard InChI is InChI=1S/C21H19N5O3/c22-11-14-4-6-15(7-5-14)17-13-26(25-21(17)28)18-9-8-16(12-23-18)20(27)24-19-3-1-2-10-29-19/h4-9,12-13,19H,1-3,10H2,(H,24,27)(H,25,28). The Bertz CT molecular complexity index is 1100. The van der Waals surface area contributed by atoms with Crippen LogP contribution in [0.4, 0.5) is 0 Å². The van der Waals surface area contributed by atoms with E-state index in [0.717, 1.165) is 19.3 Å². The van der Waals surface area contributed by atoms with Gasteiger partial charge >= 0.3 is 0 Å². The van der Waals surface area contributed by atoms with Gasteiger partial charge in [-0.05, 0) is 49.1 Å². The number of nitrogens with one attached hydrogen (secondary N) is 2. The van der Waals surface area contributed by atoms with Crippen LogP contribution in [0.15, 0.2) is 53.6 Å². The van der Waals surface area contributed by atoms with E-state index in [0.29, 0.717) is 34.7 Å². The molecule has 0 bridgehead atoms. The number of ether oxygens (including phenoxy) is 1. The van der Waals surface area contributed by atoms with Crippen LogP contribution in [0.3, 0.4) is 0 Å². The maximum Gasteiger partial charge on any atom is 0.272 e. The molecular weight excluding hydrogens is 370 g/mol. The van der Waals surface area contributed by atoms with E-state index in [1.807, 2.05) is 6.07 Å². The summed E-state index contributed by atoms with van der Waals surface area (Å²) in [7, 11) is 0. The van der Waals surface area contributed by atoms with Gasteiger partial charge in [-0.3, -0.25) is 14.7 Å². The second kappa shape index (κ2) is 8.12. The molecule has 3 heterocycles. The Balaban J connectivity index is 1.51. The third kappa shape index (κ3) is 4.10. The van der Waals surface area contributed by atoms with Crippen LogP contribution < -0.4 is 10.9 Å². The predicted molar refractivity (Wildman–Crippen MR) is 105 cm³/mol. The SMILES string of the molecule is N#Cc1ccc(-c2cn(-c3ccc(C(=O)NC4CCCCO4)cn3)[nH]c2=O)cc1. The van der Waals surface area contributed by atoms with Gasteiger partial charge in [-0.1, -0.05) is 12.1 Å². The highest BCUT2D eigenvalue weighted by Gasteiger charge is 2.17. The summed E-state index contributed by atoms with van der Waals surface area (Å²) < 4.78 is 7.02. The Kier molecular flexibility index (Phi) is 5.22. The number of hydrogen-bond acceptors (Lipinski definition) is 5. The lowest BCUT2D eigenvalue weighted by Gasteiger charge is -2.23. The summed E-state index contributed by atoms with van der Waals surface area (Å²) in [6.07, 6.45) is 5.70. The first-order valence-corrected chi connectivity index (χ1v) is 9.35. The zero-order chi connectivity index (χ0) is 20.2. The Hall–Kier alpha value is -3.70. The van der Waals surface area contributed by atoms with Gasteiger partial charge in [0.1, 0.15) is 6.23 Å². The second-order valence-corrected chi connectivity index (χ2v) is 6.78. The molecule has 8 nitrogen and oxygen atoms in total. The number of nitriles is 1. The minimum absolute atomic E-state index is 0.241. The lowest BCUT2D eigenvalue weighted by Crippen LogP contribution is -2.39. The number of aromatic amines is 1. The largest absolute Gasteiger partial charge is 0.359 e. The minimum Gasteiger partial charge on any atom is -0.359 e. The number of amides is 1. The molecule has 0 aliphatic carbocycles. The number of H-pyrrole nitrogens is 1. The van der Waals surface area contributed by atoms with Crippen molar-refractivity contribution in [1.29, 1.82) is 5.26 Å². The second-order valence-electron chi connectivity index (χ2n) is 6.78. The Morgan fingerprint density at radius 1 is 1.24 bits per heavy atom. The highest BCUT2D eigenvalue weighted by atomic mass is 16.5. The summed E-state index contributed by atoms with van der Waals surface area (Å²) in [5.74, 6) is 0.239. The molecule has 0 radical (unpaired) electrons. The van der Waals surface area contributed by atoms with E-state index in [9.17, 15) is 9.59 Å². The molecule has 29 heavy (non-hydrogen) atoms. The van der Waals surface area contributed by atoms with Crippen molar-refractivity contribution in [2.24, 2.45) is 0 Å². The fourth-order valence-corrected chi connectivity index (χ4v) is 3.19. The summed E-state index contributed by atoms with van der Waals surface area (Å²) in [6, 6.07) is 12.1. The lowest BCUT2D eigenvalue weighted by atomic mass is 10.1. The molecule has 2 N–H and O–H groups in total. The van der Waals surface area contributed by atoms with Crippen molar-refractivity contribution in [3.05, 3.63) is 70.3 Å². The topological polar surface area (TPSA) is 113 Å². The average Bonchev–Trinajstić information content (AvgIpc) is 3.16. The average molecular weight is 389 g/mol. The monoisotopic (exact) mass is 389 g/mol. The maximum absolute atomic E-state index is 12.3. The first-order chi connectivity index (χ1) is 14.1. The molecule has 0 spiro atoms. The zero-order valence-corrected chi connectivity index (χ0v) is 15.6. The third-order valence-electron chi connectivity index (χ3n) is 4.78. The van der Waals surface area contributed by atoms with E-state index in [-0.39, 0.29) is 17.7 Å². The molecule has 1 amide bonds. The predicted octanol–water partition coefficient (Wildman–Crippen LogP) is 2.36. The third-order valence-corrected chi connectivity index (χ3v) is 4.78. The molecule has 146 valence electrons. The van der Waals surface area contributed by atoms with Crippen LogP contribution in [0.25, 0.3) is 16.9 Å². The van der Waals surface area contributed by atoms with Crippen LogP contribution in [0.1, 0.15) is 35.2 Å². The van der Waals surface area contributed by atoms with Crippen LogP contribution >= 0.6 is 0 Å². The highest BCUT2D eigenvalue weighted by molar-refractivity contribution is 5.94. The number of nitrogens with zero attached hydrogens (tertiary/aromatic N) is 3. The number of carbonyl (C=O) groups is 1. The lowest BCUT2D eigenvalue weighted by molar-refractivity contribution is -0.00266. The number of pyridine rings is 1. The molecule has 1 saturated heterocycles. The summed E-state index contributed by atoms with van der Waals surface area (Å²) >= 11 is 0. The Labute approximate surface area is 166 Å². The smallest absolute Gasteiger partial charge is 0.272 e. The van der Waals surface area contributed by atoms with Crippen LogP contribution in [-0.2, 0) is 4.74 Å². The minimum atomic E-state index is -0.271. The van der Waals surface area contributed by atoms with Gasteiger partial charge in [0.2, 0.25) is 0 Å².